The average Bonchev–Trinajstić information content (AvgIpc) is 2.63. The van der Waals surface area contributed by atoms with Gasteiger partial charge in [0, 0.05) is 18.5 Å². The molecule has 0 unspecified atom stereocenters. The van der Waals surface area contributed by atoms with Gasteiger partial charge in [-0.1, -0.05) is 17.7 Å². The molecule has 1 aromatic carbocycles. The maximum Gasteiger partial charge on any atom is 0.258 e. The fraction of sp³-hybridized carbons (Fsp3) is 0.652. The van der Waals surface area contributed by atoms with Crippen molar-refractivity contribution in [2.24, 2.45) is 23.2 Å². The summed E-state index contributed by atoms with van der Waals surface area (Å²) < 4.78 is 5.60. The van der Waals surface area contributed by atoms with Gasteiger partial charge in [0.15, 0.2) is 6.61 Å². The molecule has 4 aliphatic rings. The molecule has 0 aromatic heterocycles. The third-order valence-electron chi connectivity index (χ3n) is 6.94. The van der Waals surface area contributed by atoms with Gasteiger partial charge in [-0.25, -0.2) is 0 Å². The molecular weight excluding hydrogens is 352 g/mol. The van der Waals surface area contributed by atoms with Crippen molar-refractivity contribution in [2.45, 2.75) is 52.4 Å². The van der Waals surface area contributed by atoms with Crippen LogP contribution in [0.4, 0.5) is 0 Å². The Kier molecular flexibility index (Phi) is 5.35. The lowest BCUT2D eigenvalue weighted by Gasteiger charge is -2.55. The number of carbonyl (C=O) groups excluding carboxylic acids is 2. The van der Waals surface area contributed by atoms with Crippen LogP contribution in [-0.2, 0) is 9.59 Å². The van der Waals surface area contributed by atoms with Crippen LogP contribution >= 0.6 is 0 Å². The lowest BCUT2D eigenvalue weighted by molar-refractivity contribution is -0.146. The van der Waals surface area contributed by atoms with Crippen molar-refractivity contribution in [3.05, 3.63) is 29.3 Å². The lowest BCUT2D eigenvalue weighted by Crippen LogP contribution is -2.54. The molecule has 0 heterocycles. The Bertz CT molecular complexity index is 723. The molecule has 28 heavy (non-hydrogen) atoms. The second-order valence-corrected chi connectivity index (χ2v) is 9.36. The van der Waals surface area contributed by atoms with Crippen molar-refractivity contribution in [1.29, 1.82) is 0 Å². The van der Waals surface area contributed by atoms with E-state index in [4.69, 9.17) is 4.74 Å². The summed E-state index contributed by atoms with van der Waals surface area (Å²) in [6.45, 7) is 4.91. The van der Waals surface area contributed by atoms with E-state index in [2.05, 4.69) is 10.6 Å². The standard InChI is InChI=1S/C23H32N2O3/c1-15-3-4-20(16(2)7-15)28-14-21(26)24-5-6-25-22(27)23-11-17-8-18(12-23)10-19(9-17)13-23/h3-4,7,17-19H,5-6,8-14H2,1-2H3,(H,24,26)(H,25,27). The van der Waals surface area contributed by atoms with Crippen molar-refractivity contribution < 1.29 is 14.3 Å². The monoisotopic (exact) mass is 384 g/mol. The number of amides is 2. The fourth-order valence-corrected chi connectivity index (χ4v) is 6.11. The molecule has 0 aliphatic heterocycles. The van der Waals surface area contributed by atoms with E-state index in [0.29, 0.717) is 13.1 Å². The highest BCUT2D eigenvalue weighted by molar-refractivity contribution is 5.83. The van der Waals surface area contributed by atoms with Crippen molar-refractivity contribution in [3.8, 4) is 5.75 Å². The molecule has 4 fully saturated rings. The van der Waals surface area contributed by atoms with Crippen molar-refractivity contribution >= 4 is 11.8 Å². The molecule has 2 N–H and O–H groups in total. The van der Waals surface area contributed by atoms with Gasteiger partial charge in [-0.05, 0) is 81.8 Å². The zero-order valence-corrected chi connectivity index (χ0v) is 17.1. The largest absolute Gasteiger partial charge is 0.484 e. The number of hydrogen-bond acceptors (Lipinski definition) is 3. The Morgan fingerprint density at radius 1 is 1.00 bits per heavy atom. The summed E-state index contributed by atoms with van der Waals surface area (Å²) in [6, 6.07) is 5.90. The van der Waals surface area contributed by atoms with Gasteiger partial charge in [-0.15, -0.1) is 0 Å². The zero-order chi connectivity index (χ0) is 19.7. The number of ether oxygens (including phenoxy) is 1. The summed E-state index contributed by atoms with van der Waals surface area (Å²) in [5, 5.41) is 5.92. The van der Waals surface area contributed by atoms with Crippen LogP contribution in [0, 0.1) is 37.0 Å². The molecule has 5 heteroatoms. The van der Waals surface area contributed by atoms with Gasteiger partial charge in [0.25, 0.3) is 5.91 Å². The maximum atomic E-state index is 12.9. The predicted molar refractivity (Wildman–Crippen MR) is 108 cm³/mol. The molecule has 5 rings (SSSR count). The van der Waals surface area contributed by atoms with Crippen LogP contribution in [0.15, 0.2) is 18.2 Å². The first-order valence-corrected chi connectivity index (χ1v) is 10.7. The second kappa shape index (κ2) is 7.76. The fourth-order valence-electron chi connectivity index (χ4n) is 6.11. The topological polar surface area (TPSA) is 67.4 Å². The minimum atomic E-state index is -0.163. The number of aryl methyl sites for hydroxylation is 2. The summed E-state index contributed by atoms with van der Waals surface area (Å²) in [4.78, 5) is 24.9. The summed E-state index contributed by atoms with van der Waals surface area (Å²) >= 11 is 0. The third-order valence-corrected chi connectivity index (χ3v) is 6.94. The first kappa shape index (κ1) is 19.3. The Morgan fingerprint density at radius 3 is 2.21 bits per heavy atom. The molecular formula is C23H32N2O3. The first-order valence-electron chi connectivity index (χ1n) is 10.7. The summed E-state index contributed by atoms with van der Waals surface area (Å²) in [7, 11) is 0. The summed E-state index contributed by atoms with van der Waals surface area (Å²) in [5.74, 6) is 3.07. The first-order chi connectivity index (χ1) is 13.4. The Morgan fingerprint density at radius 2 is 1.61 bits per heavy atom. The molecule has 0 spiro atoms. The van der Waals surface area contributed by atoms with E-state index in [1.807, 2.05) is 32.0 Å². The van der Waals surface area contributed by atoms with E-state index < -0.39 is 0 Å². The van der Waals surface area contributed by atoms with Crippen LogP contribution in [0.2, 0.25) is 0 Å². The van der Waals surface area contributed by atoms with Crippen molar-refractivity contribution in [2.75, 3.05) is 19.7 Å². The Hall–Kier alpha value is -2.04. The molecule has 1 aromatic rings. The normalized spacial score (nSPS) is 30.1. The van der Waals surface area contributed by atoms with E-state index in [-0.39, 0.29) is 23.8 Å². The highest BCUT2D eigenvalue weighted by Gasteiger charge is 2.54. The van der Waals surface area contributed by atoms with Crippen LogP contribution in [0.1, 0.15) is 49.7 Å². The quantitative estimate of drug-likeness (QED) is 0.710. The Labute approximate surface area is 167 Å². The molecule has 0 radical (unpaired) electrons. The number of nitrogens with one attached hydrogen (secondary N) is 2. The van der Waals surface area contributed by atoms with Gasteiger partial charge in [-0.2, -0.15) is 0 Å². The van der Waals surface area contributed by atoms with Crippen molar-refractivity contribution in [1.82, 2.24) is 10.6 Å². The number of carbonyl (C=O) groups is 2. The third kappa shape index (κ3) is 4.03. The molecule has 4 saturated carbocycles. The van der Waals surface area contributed by atoms with Gasteiger partial charge >= 0.3 is 0 Å². The minimum absolute atomic E-state index is 0.00712. The van der Waals surface area contributed by atoms with Crippen LogP contribution < -0.4 is 15.4 Å². The van der Waals surface area contributed by atoms with E-state index in [1.54, 1.807) is 0 Å². The minimum Gasteiger partial charge on any atom is -0.484 e. The Balaban J connectivity index is 1.17. The van der Waals surface area contributed by atoms with Crippen LogP contribution in [-0.4, -0.2) is 31.5 Å². The molecule has 0 saturated heterocycles. The smallest absolute Gasteiger partial charge is 0.258 e. The van der Waals surface area contributed by atoms with E-state index >= 15 is 0 Å². The van der Waals surface area contributed by atoms with E-state index in [0.717, 1.165) is 48.3 Å². The van der Waals surface area contributed by atoms with Crippen LogP contribution in [0.3, 0.4) is 0 Å². The molecule has 4 aliphatic carbocycles. The number of hydrogen-bond donors (Lipinski definition) is 2. The van der Waals surface area contributed by atoms with Crippen LogP contribution in [0.5, 0.6) is 5.75 Å². The molecule has 2 amide bonds. The number of rotatable bonds is 7. The number of benzene rings is 1. The van der Waals surface area contributed by atoms with Gasteiger partial charge in [0.05, 0.1) is 0 Å². The van der Waals surface area contributed by atoms with Gasteiger partial charge < -0.3 is 15.4 Å². The molecule has 5 nitrogen and oxygen atoms in total. The molecule has 152 valence electrons. The van der Waals surface area contributed by atoms with Gasteiger partial charge in [0.2, 0.25) is 5.91 Å². The van der Waals surface area contributed by atoms with E-state index in [1.165, 1.54) is 24.8 Å². The van der Waals surface area contributed by atoms with Gasteiger partial charge in [-0.3, -0.25) is 9.59 Å². The van der Waals surface area contributed by atoms with Gasteiger partial charge in [0.1, 0.15) is 5.75 Å². The SMILES string of the molecule is Cc1ccc(OCC(=O)NCCNC(=O)C23CC4CC(CC(C4)C2)C3)c(C)c1. The highest BCUT2D eigenvalue weighted by atomic mass is 16.5. The van der Waals surface area contributed by atoms with E-state index in [9.17, 15) is 9.59 Å². The van der Waals surface area contributed by atoms with Crippen molar-refractivity contribution in [3.63, 3.8) is 0 Å². The predicted octanol–water partition coefficient (Wildman–Crippen LogP) is 3.13. The lowest BCUT2D eigenvalue weighted by atomic mass is 9.49. The molecule has 4 bridgehead atoms. The zero-order valence-electron chi connectivity index (χ0n) is 17.1. The molecule has 0 atom stereocenters. The highest BCUT2D eigenvalue weighted by Crippen LogP contribution is 2.60. The maximum absolute atomic E-state index is 12.9. The average molecular weight is 385 g/mol. The van der Waals surface area contributed by atoms with Crippen LogP contribution in [0.25, 0.3) is 0 Å². The second-order valence-electron chi connectivity index (χ2n) is 9.36. The summed E-state index contributed by atoms with van der Waals surface area (Å²) in [6.07, 6.45) is 7.22. The summed E-state index contributed by atoms with van der Waals surface area (Å²) in [5.41, 5.74) is 2.07.